The maximum atomic E-state index is 13.6. The molecular formula is C18H17ClFNO6. The van der Waals surface area contributed by atoms with Crippen LogP contribution in [0.1, 0.15) is 10.4 Å². The lowest BCUT2D eigenvalue weighted by Crippen LogP contribution is -2.21. The zero-order chi connectivity index (χ0) is 20.0. The minimum Gasteiger partial charge on any atom is -0.493 e. The van der Waals surface area contributed by atoms with Crippen molar-refractivity contribution in [2.45, 2.75) is 0 Å². The number of hydrogen-bond donors (Lipinski definition) is 1. The molecule has 0 atom stereocenters. The third-order valence-corrected chi connectivity index (χ3v) is 3.67. The summed E-state index contributed by atoms with van der Waals surface area (Å²) < 4.78 is 34.0. The van der Waals surface area contributed by atoms with Crippen LogP contribution in [0.5, 0.6) is 17.2 Å². The van der Waals surface area contributed by atoms with Crippen molar-refractivity contribution in [2.75, 3.05) is 33.3 Å². The quantitative estimate of drug-likeness (QED) is 0.722. The van der Waals surface area contributed by atoms with Gasteiger partial charge in [-0.2, -0.15) is 0 Å². The Balaban J connectivity index is 2.05. The van der Waals surface area contributed by atoms with E-state index in [4.69, 9.17) is 30.5 Å². The highest BCUT2D eigenvalue weighted by Crippen LogP contribution is 2.39. The van der Waals surface area contributed by atoms with E-state index in [0.29, 0.717) is 22.9 Å². The number of hydrogen-bond acceptors (Lipinski definition) is 6. The van der Waals surface area contributed by atoms with Crippen LogP contribution in [0.2, 0.25) is 5.02 Å². The topological polar surface area (TPSA) is 83.1 Å². The number of anilines is 1. The molecule has 2 aromatic carbocycles. The summed E-state index contributed by atoms with van der Waals surface area (Å²) in [4.78, 5) is 23.9. The summed E-state index contributed by atoms with van der Waals surface area (Å²) in [5.41, 5.74) is -0.0254. The molecule has 27 heavy (non-hydrogen) atoms. The molecule has 0 saturated carbocycles. The summed E-state index contributed by atoms with van der Waals surface area (Å²) in [7, 11) is 4.32. The van der Waals surface area contributed by atoms with Crippen molar-refractivity contribution < 1.29 is 32.9 Å². The first-order valence-corrected chi connectivity index (χ1v) is 7.99. The number of ether oxygens (including phenoxy) is 4. The number of amides is 1. The highest BCUT2D eigenvalue weighted by Gasteiger charge is 2.17. The Morgan fingerprint density at radius 3 is 2.22 bits per heavy atom. The zero-order valence-corrected chi connectivity index (χ0v) is 15.6. The monoisotopic (exact) mass is 397 g/mol. The molecule has 9 heteroatoms. The van der Waals surface area contributed by atoms with Gasteiger partial charge >= 0.3 is 5.97 Å². The Labute approximate surface area is 159 Å². The van der Waals surface area contributed by atoms with Gasteiger partial charge in [0.1, 0.15) is 5.82 Å². The number of benzene rings is 2. The van der Waals surface area contributed by atoms with Crippen LogP contribution in [0.3, 0.4) is 0 Å². The summed E-state index contributed by atoms with van der Waals surface area (Å²) >= 11 is 5.73. The van der Waals surface area contributed by atoms with E-state index >= 15 is 0 Å². The van der Waals surface area contributed by atoms with Gasteiger partial charge in [0, 0.05) is 22.8 Å². The van der Waals surface area contributed by atoms with Gasteiger partial charge in [-0.25, -0.2) is 9.18 Å². The summed E-state index contributed by atoms with van der Waals surface area (Å²) in [6.45, 7) is -0.624. The fraction of sp³-hybridized carbons (Fsp3) is 0.222. The zero-order valence-electron chi connectivity index (χ0n) is 14.8. The first kappa shape index (κ1) is 20.3. The first-order valence-electron chi connectivity index (χ1n) is 7.61. The van der Waals surface area contributed by atoms with Crippen LogP contribution in [-0.2, 0) is 9.53 Å². The van der Waals surface area contributed by atoms with Gasteiger partial charge in [-0.1, -0.05) is 11.6 Å². The van der Waals surface area contributed by atoms with Crippen LogP contribution in [0.25, 0.3) is 0 Å². The molecule has 1 N–H and O–H groups in total. The number of halogens is 2. The molecule has 2 aromatic rings. The minimum absolute atomic E-state index is 0.172. The van der Waals surface area contributed by atoms with Crippen molar-refractivity contribution in [2.24, 2.45) is 0 Å². The molecule has 0 radical (unpaired) electrons. The second kappa shape index (κ2) is 9.09. The van der Waals surface area contributed by atoms with E-state index in [9.17, 15) is 14.0 Å². The predicted molar refractivity (Wildman–Crippen MR) is 96.4 cm³/mol. The average Bonchev–Trinajstić information content (AvgIpc) is 2.67. The average molecular weight is 398 g/mol. The van der Waals surface area contributed by atoms with Gasteiger partial charge in [-0.3, -0.25) is 4.79 Å². The largest absolute Gasteiger partial charge is 0.493 e. The van der Waals surface area contributed by atoms with Crippen LogP contribution >= 0.6 is 11.6 Å². The molecule has 144 valence electrons. The maximum Gasteiger partial charge on any atom is 0.341 e. The minimum atomic E-state index is -1.00. The molecule has 0 heterocycles. The second-order valence-corrected chi connectivity index (χ2v) is 5.60. The van der Waals surface area contributed by atoms with E-state index in [1.807, 2.05) is 0 Å². The van der Waals surface area contributed by atoms with Crippen LogP contribution in [-0.4, -0.2) is 39.8 Å². The lowest BCUT2D eigenvalue weighted by molar-refractivity contribution is -0.119. The predicted octanol–water partition coefficient (Wildman–Crippen LogP) is 3.30. The number of carbonyl (C=O) groups excluding carboxylic acids is 2. The van der Waals surface area contributed by atoms with Crippen molar-refractivity contribution in [1.29, 1.82) is 0 Å². The van der Waals surface area contributed by atoms with Crippen molar-refractivity contribution in [1.82, 2.24) is 0 Å². The molecule has 7 nitrogen and oxygen atoms in total. The van der Waals surface area contributed by atoms with Crippen molar-refractivity contribution in [3.05, 3.63) is 46.7 Å². The molecule has 2 rings (SSSR count). The summed E-state index contributed by atoms with van der Waals surface area (Å²) in [5.74, 6) is -1.40. The van der Waals surface area contributed by atoms with Crippen LogP contribution < -0.4 is 19.5 Å². The van der Waals surface area contributed by atoms with E-state index in [-0.39, 0.29) is 10.6 Å². The normalized spacial score (nSPS) is 10.1. The third-order valence-electron chi connectivity index (χ3n) is 3.43. The third kappa shape index (κ3) is 5.01. The van der Waals surface area contributed by atoms with E-state index in [0.717, 1.165) is 12.1 Å². The molecule has 0 aliphatic heterocycles. The van der Waals surface area contributed by atoms with Gasteiger partial charge in [-0.15, -0.1) is 0 Å². The second-order valence-electron chi connectivity index (χ2n) is 5.16. The fourth-order valence-electron chi connectivity index (χ4n) is 2.21. The van der Waals surface area contributed by atoms with Gasteiger partial charge in [0.25, 0.3) is 5.91 Å². The Morgan fingerprint density at radius 2 is 1.67 bits per heavy atom. The summed E-state index contributed by atoms with van der Waals surface area (Å²) in [6, 6.07) is 6.48. The molecule has 0 bridgehead atoms. The molecule has 0 aliphatic rings. The highest BCUT2D eigenvalue weighted by molar-refractivity contribution is 6.30. The molecule has 0 aromatic heterocycles. The number of nitrogens with one attached hydrogen (secondary N) is 1. The van der Waals surface area contributed by atoms with Gasteiger partial charge in [0.05, 0.1) is 26.9 Å². The van der Waals surface area contributed by atoms with Crippen molar-refractivity contribution >= 4 is 29.2 Å². The molecule has 0 aliphatic carbocycles. The molecule has 0 unspecified atom stereocenters. The van der Waals surface area contributed by atoms with Crippen LogP contribution in [0.15, 0.2) is 30.3 Å². The lowest BCUT2D eigenvalue weighted by atomic mass is 10.2. The number of esters is 1. The molecule has 0 fully saturated rings. The Hall–Kier alpha value is -3.00. The van der Waals surface area contributed by atoms with E-state index < -0.39 is 24.3 Å². The lowest BCUT2D eigenvalue weighted by Gasteiger charge is -2.14. The fourth-order valence-corrected chi connectivity index (χ4v) is 2.39. The van der Waals surface area contributed by atoms with Gasteiger partial charge in [0.15, 0.2) is 18.1 Å². The maximum absolute atomic E-state index is 13.6. The first-order chi connectivity index (χ1) is 12.9. The molecule has 0 saturated heterocycles. The SMILES string of the molecule is COc1cc(NC(=O)COC(=O)c2cc(Cl)ccc2F)cc(OC)c1OC. The van der Waals surface area contributed by atoms with E-state index in [1.165, 1.54) is 39.5 Å². The number of methoxy groups -OCH3 is 3. The number of rotatable bonds is 7. The Bertz CT molecular complexity index is 833. The summed E-state index contributed by atoms with van der Waals surface area (Å²) in [6.07, 6.45) is 0. The standard InChI is InChI=1S/C18H17ClFNO6/c1-24-14-7-11(8-15(25-2)17(14)26-3)21-16(22)9-27-18(23)12-6-10(19)4-5-13(12)20/h4-8H,9H2,1-3H3,(H,21,22). The number of carbonyl (C=O) groups is 2. The Morgan fingerprint density at radius 1 is 1.04 bits per heavy atom. The van der Waals surface area contributed by atoms with Crippen LogP contribution in [0, 0.1) is 5.82 Å². The molecular weight excluding hydrogens is 381 g/mol. The van der Waals surface area contributed by atoms with E-state index in [1.54, 1.807) is 0 Å². The molecule has 1 amide bonds. The van der Waals surface area contributed by atoms with Crippen molar-refractivity contribution in [3.63, 3.8) is 0 Å². The van der Waals surface area contributed by atoms with Crippen molar-refractivity contribution in [3.8, 4) is 17.2 Å². The van der Waals surface area contributed by atoms with Gasteiger partial charge in [-0.05, 0) is 18.2 Å². The Kier molecular flexibility index (Phi) is 6.84. The van der Waals surface area contributed by atoms with Crippen LogP contribution in [0.4, 0.5) is 10.1 Å². The van der Waals surface area contributed by atoms with Gasteiger partial charge < -0.3 is 24.3 Å². The summed E-state index contributed by atoms with van der Waals surface area (Å²) in [5, 5.41) is 2.70. The van der Waals surface area contributed by atoms with Gasteiger partial charge in [0.2, 0.25) is 5.75 Å². The smallest absolute Gasteiger partial charge is 0.341 e. The highest BCUT2D eigenvalue weighted by atomic mass is 35.5. The molecule has 0 spiro atoms. The van der Waals surface area contributed by atoms with E-state index in [2.05, 4.69) is 5.32 Å².